The number of benzene rings is 1. The van der Waals surface area contributed by atoms with E-state index in [1.54, 1.807) is 0 Å². The van der Waals surface area contributed by atoms with Gasteiger partial charge in [0.15, 0.2) is 23.3 Å². The Kier molecular flexibility index (Phi) is 4.21. The molecule has 0 bridgehead atoms. The molecule has 88 valence electrons. The molecule has 0 saturated carbocycles. The van der Waals surface area contributed by atoms with Gasteiger partial charge in [-0.05, 0) is 6.92 Å². The first-order valence-electron chi connectivity index (χ1n) is 4.16. The summed E-state index contributed by atoms with van der Waals surface area (Å²) in [5, 5.41) is -0.123. The van der Waals surface area contributed by atoms with Gasteiger partial charge in [-0.3, -0.25) is 0 Å². The first-order valence-corrected chi connectivity index (χ1v) is 4.97. The fourth-order valence-electron chi connectivity index (χ4n) is 1.15. The van der Waals surface area contributed by atoms with Crippen LogP contribution in [-0.2, 0) is 6.42 Å². The number of hydrogen-bond donors (Lipinski definition) is 0. The van der Waals surface area contributed by atoms with Crippen molar-refractivity contribution < 1.29 is 17.6 Å². The Balaban J connectivity index is 3.40. The quantitative estimate of drug-likeness (QED) is 0.553. The molecule has 0 fully saturated rings. The third-order valence-electron chi connectivity index (χ3n) is 2.04. The fraction of sp³-hybridized carbons (Fsp3) is 0.200. The highest BCUT2D eigenvalue weighted by atomic mass is 35.5. The maximum atomic E-state index is 13.3. The SMILES string of the molecule is Cc1c(F)c(F)c(C/C(Cl)=C/Cl)c(F)c1F. The number of rotatable bonds is 2. The average Bonchev–Trinajstić information content (AvgIpc) is 2.29. The highest BCUT2D eigenvalue weighted by Gasteiger charge is 2.23. The Morgan fingerprint density at radius 3 is 1.88 bits per heavy atom. The zero-order chi connectivity index (χ0) is 12.5. The highest BCUT2D eigenvalue weighted by molar-refractivity contribution is 6.36. The standard InChI is InChI=1S/C10H6Cl2F4/c1-4-7(13)9(15)6(2-5(12)3-11)10(16)8(4)14/h3H,2H2,1H3/b5-3-. The molecular weight excluding hydrogens is 267 g/mol. The van der Waals surface area contributed by atoms with Crippen LogP contribution >= 0.6 is 23.2 Å². The third-order valence-corrected chi connectivity index (χ3v) is 2.66. The van der Waals surface area contributed by atoms with E-state index in [1.165, 1.54) is 0 Å². The van der Waals surface area contributed by atoms with E-state index in [0.29, 0.717) is 0 Å². The van der Waals surface area contributed by atoms with Gasteiger partial charge in [-0.1, -0.05) is 23.2 Å². The van der Waals surface area contributed by atoms with E-state index in [9.17, 15) is 17.6 Å². The molecule has 0 aliphatic rings. The molecular formula is C10H6Cl2F4. The van der Waals surface area contributed by atoms with Crippen molar-refractivity contribution in [3.8, 4) is 0 Å². The number of hydrogen-bond acceptors (Lipinski definition) is 0. The van der Waals surface area contributed by atoms with Gasteiger partial charge >= 0.3 is 0 Å². The Bertz CT molecular complexity index is 426. The molecule has 0 radical (unpaired) electrons. The van der Waals surface area contributed by atoms with Crippen molar-refractivity contribution in [1.29, 1.82) is 0 Å². The topological polar surface area (TPSA) is 0 Å². The van der Waals surface area contributed by atoms with Crippen molar-refractivity contribution in [3.05, 3.63) is 45.0 Å². The van der Waals surface area contributed by atoms with E-state index in [4.69, 9.17) is 23.2 Å². The zero-order valence-electron chi connectivity index (χ0n) is 8.05. The second-order valence-corrected chi connectivity index (χ2v) is 3.80. The van der Waals surface area contributed by atoms with Crippen molar-refractivity contribution in [3.63, 3.8) is 0 Å². The predicted molar refractivity (Wildman–Crippen MR) is 54.5 cm³/mol. The normalized spacial score (nSPS) is 12.1. The van der Waals surface area contributed by atoms with Crippen LogP contribution in [-0.4, -0.2) is 0 Å². The molecule has 1 rings (SSSR count). The fourth-order valence-corrected chi connectivity index (χ4v) is 1.36. The number of allylic oxidation sites excluding steroid dienone is 1. The smallest absolute Gasteiger partial charge is 0.165 e. The van der Waals surface area contributed by atoms with Crippen molar-refractivity contribution in [2.75, 3.05) is 0 Å². The van der Waals surface area contributed by atoms with Crippen LogP contribution in [0.5, 0.6) is 0 Å². The van der Waals surface area contributed by atoms with E-state index in [-0.39, 0.29) is 5.03 Å². The lowest BCUT2D eigenvalue weighted by Gasteiger charge is -2.08. The molecule has 0 saturated heterocycles. The summed E-state index contributed by atoms with van der Waals surface area (Å²) in [7, 11) is 0. The second kappa shape index (κ2) is 5.06. The van der Waals surface area contributed by atoms with Crippen LogP contribution in [0.2, 0.25) is 0 Å². The second-order valence-electron chi connectivity index (χ2n) is 3.09. The van der Waals surface area contributed by atoms with Gasteiger partial charge in [0.05, 0.1) is 0 Å². The lowest BCUT2D eigenvalue weighted by atomic mass is 10.1. The van der Waals surface area contributed by atoms with Crippen LogP contribution < -0.4 is 0 Å². The Morgan fingerprint density at radius 1 is 1.06 bits per heavy atom. The van der Waals surface area contributed by atoms with Gasteiger partial charge in [0.25, 0.3) is 0 Å². The van der Waals surface area contributed by atoms with Crippen LogP contribution in [0.25, 0.3) is 0 Å². The molecule has 0 unspecified atom stereocenters. The van der Waals surface area contributed by atoms with E-state index in [1.807, 2.05) is 0 Å². The van der Waals surface area contributed by atoms with Gasteiger partial charge in [-0.2, -0.15) is 0 Å². The molecule has 0 aliphatic carbocycles. The minimum absolute atomic E-state index is 0.123. The molecule has 1 aromatic carbocycles. The predicted octanol–water partition coefficient (Wildman–Crippen LogP) is 4.41. The molecule has 1 aromatic rings. The van der Waals surface area contributed by atoms with Gasteiger partial charge < -0.3 is 0 Å². The minimum Gasteiger partial charge on any atom is -0.203 e. The first-order chi connectivity index (χ1) is 7.40. The van der Waals surface area contributed by atoms with E-state index >= 15 is 0 Å². The summed E-state index contributed by atoms with van der Waals surface area (Å²) in [6.45, 7) is 0.944. The Morgan fingerprint density at radius 2 is 1.50 bits per heavy atom. The molecule has 0 nitrogen and oxygen atoms in total. The van der Waals surface area contributed by atoms with Crippen LogP contribution in [0.1, 0.15) is 11.1 Å². The van der Waals surface area contributed by atoms with Crippen LogP contribution in [0.3, 0.4) is 0 Å². The van der Waals surface area contributed by atoms with Gasteiger partial charge in [0.1, 0.15) is 0 Å². The Labute approximate surface area is 99.5 Å². The lowest BCUT2D eigenvalue weighted by molar-refractivity contribution is 0.433. The molecule has 0 aromatic heterocycles. The van der Waals surface area contributed by atoms with Gasteiger partial charge in [0, 0.05) is 28.1 Å². The molecule has 16 heavy (non-hydrogen) atoms. The van der Waals surface area contributed by atoms with Crippen molar-refractivity contribution in [2.24, 2.45) is 0 Å². The summed E-state index contributed by atoms with van der Waals surface area (Å²) in [6, 6.07) is 0. The van der Waals surface area contributed by atoms with Gasteiger partial charge in [-0.15, -0.1) is 0 Å². The maximum Gasteiger partial charge on any atom is 0.165 e. The monoisotopic (exact) mass is 272 g/mol. The van der Waals surface area contributed by atoms with Crippen LogP contribution in [0.4, 0.5) is 17.6 Å². The zero-order valence-corrected chi connectivity index (χ0v) is 9.56. The van der Waals surface area contributed by atoms with Gasteiger partial charge in [-0.25, -0.2) is 17.6 Å². The van der Waals surface area contributed by atoms with Crippen molar-refractivity contribution in [1.82, 2.24) is 0 Å². The van der Waals surface area contributed by atoms with E-state index < -0.39 is 40.8 Å². The number of halogens is 6. The van der Waals surface area contributed by atoms with Gasteiger partial charge in [0.2, 0.25) is 0 Å². The largest absolute Gasteiger partial charge is 0.203 e. The Hall–Kier alpha value is -0.740. The first kappa shape index (κ1) is 13.3. The molecule has 0 heterocycles. The van der Waals surface area contributed by atoms with Crippen molar-refractivity contribution in [2.45, 2.75) is 13.3 Å². The summed E-state index contributed by atoms with van der Waals surface area (Å²) in [5.41, 5.74) is -0.608. The third kappa shape index (κ3) is 2.33. The maximum absolute atomic E-state index is 13.3. The van der Waals surface area contributed by atoms with Crippen LogP contribution in [0, 0.1) is 30.2 Å². The van der Waals surface area contributed by atoms with Crippen molar-refractivity contribution >= 4 is 23.2 Å². The van der Waals surface area contributed by atoms with E-state index in [0.717, 1.165) is 12.5 Å². The summed E-state index contributed by atoms with van der Waals surface area (Å²) in [5.74, 6) is -5.75. The molecule has 0 aliphatic heterocycles. The molecule has 0 N–H and O–H groups in total. The van der Waals surface area contributed by atoms with Crippen LogP contribution in [0.15, 0.2) is 10.6 Å². The summed E-state index contributed by atoms with van der Waals surface area (Å²) in [6.07, 6.45) is -0.503. The molecule has 0 atom stereocenters. The lowest BCUT2D eigenvalue weighted by Crippen LogP contribution is -2.06. The molecule has 0 amide bonds. The summed E-state index contributed by atoms with van der Waals surface area (Å²) < 4.78 is 52.8. The average molecular weight is 273 g/mol. The molecule has 6 heteroatoms. The summed E-state index contributed by atoms with van der Waals surface area (Å²) in [4.78, 5) is 0. The molecule has 0 spiro atoms. The minimum atomic E-state index is -1.45. The summed E-state index contributed by atoms with van der Waals surface area (Å²) >= 11 is 10.6. The highest BCUT2D eigenvalue weighted by Crippen LogP contribution is 2.26. The van der Waals surface area contributed by atoms with E-state index in [2.05, 4.69) is 0 Å².